The number of nitrogens with one attached hydrogen (secondary N) is 2. The second kappa shape index (κ2) is 9.66. The number of anilines is 6. The Hall–Kier alpha value is -4.45. The van der Waals surface area contributed by atoms with Crippen molar-refractivity contribution in [1.82, 2.24) is 14.9 Å². The Morgan fingerprint density at radius 1 is 1.11 bits per heavy atom. The summed E-state index contributed by atoms with van der Waals surface area (Å²) in [6, 6.07) is 12.3. The summed E-state index contributed by atoms with van der Waals surface area (Å²) in [5, 5.41) is 17.9. The van der Waals surface area contributed by atoms with Gasteiger partial charge >= 0.3 is 0 Å². The van der Waals surface area contributed by atoms with Gasteiger partial charge in [0.15, 0.2) is 0 Å². The number of nitro groups is 1. The number of rotatable bonds is 6. The first-order chi connectivity index (χ1) is 17.4. The number of ether oxygens (including phenoxy) is 1. The van der Waals surface area contributed by atoms with Crippen molar-refractivity contribution in [2.75, 3.05) is 67.3 Å². The molecule has 1 saturated heterocycles. The molecule has 186 valence electrons. The number of para-hydroxylation sites is 2. The molecule has 36 heavy (non-hydrogen) atoms. The molecule has 1 fully saturated rings. The fraction of sp³-hybridized carbons (Fsp3) is 0.292. The third-order valence-electron chi connectivity index (χ3n) is 6.27. The predicted octanol–water partition coefficient (Wildman–Crippen LogP) is 2.98. The number of carbonyl (C=O) groups excluding carboxylic acids is 1. The van der Waals surface area contributed by atoms with Gasteiger partial charge in [-0.15, -0.1) is 0 Å². The summed E-state index contributed by atoms with van der Waals surface area (Å²) in [5.41, 5.74) is 2.36. The molecule has 1 amide bonds. The van der Waals surface area contributed by atoms with Crippen LogP contribution in [-0.4, -0.2) is 72.6 Å². The number of methoxy groups -OCH3 is 1. The van der Waals surface area contributed by atoms with Crippen molar-refractivity contribution in [2.24, 2.45) is 0 Å². The molecular weight excluding hydrogens is 464 g/mol. The molecule has 3 aromatic rings. The van der Waals surface area contributed by atoms with Gasteiger partial charge in [-0.3, -0.25) is 14.9 Å². The second-order valence-corrected chi connectivity index (χ2v) is 8.60. The number of nitrogens with zero attached hydrogens (tertiary/aromatic N) is 6. The summed E-state index contributed by atoms with van der Waals surface area (Å²) in [7, 11) is 3.54. The molecule has 0 spiro atoms. The van der Waals surface area contributed by atoms with Gasteiger partial charge < -0.3 is 30.1 Å². The van der Waals surface area contributed by atoms with Crippen LogP contribution in [0.1, 0.15) is 0 Å². The monoisotopic (exact) mass is 490 g/mol. The summed E-state index contributed by atoms with van der Waals surface area (Å²) >= 11 is 0. The number of benzene rings is 2. The summed E-state index contributed by atoms with van der Waals surface area (Å²) in [6.07, 6.45) is 1.57. The third-order valence-corrected chi connectivity index (χ3v) is 6.27. The molecular formula is C24H26N8O4. The van der Waals surface area contributed by atoms with Gasteiger partial charge in [-0.1, -0.05) is 12.1 Å². The van der Waals surface area contributed by atoms with Gasteiger partial charge in [0.1, 0.15) is 23.8 Å². The van der Waals surface area contributed by atoms with E-state index in [2.05, 4.69) is 25.5 Å². The molecule has 12 nitrogen and oxygen atoms in total. The first-order valence-electron chi connectivity index (χ1n) is 11.5. The number of fused-ring (bicyclic) bond motifs is 1. The predicted molar refractivity (Wildman–Crippen MR) is 137 cm³/mol. The van der Waals surface area contributed by atoms with Crippen LogP contribution >= 0.6 is 0 Å². The van der Waals surface area contributed by atoms with Crippen molar-refractivity contribution in [1.29, 1.82) is 0 Å². The Kier molecular flexibility index (Phi) is 6.25. The Bertz CT molecular complexity index is 1310. The van der Waals surface area contributed by atoms with E-state index in [4.69, 9.17) is 4.74 Å². The largest absolute Gasteiger partial charge is 0.494 e. The highest BCUT2D eigenvalue weighted by molar-refractivity contribution is 6.02. The minimum atomic E-state index is -0.390. The van der Waals surface area contributed by atoms with Crippen LogP contribution in [-0.2, 0) is 4.79 Å². The van der Waals surface area contributed by atoms with Gasteiger partial charge in [0.05, 0.1) is 29.1 Å². The first-order valence-corrected chi connectivity index (χ1v) is 11.5. The van der Waals surface area contributed by atoms with Crippen molar-refractivity contribution in [2.45, 2.75) is 0 Å². The fourth-order valence-corrected chi connectivity index (χ4v) is 4.39. The van der Waals surface area contributed by atoms with Gasteiger partial charge in [-0.2, -0.15) is 4.98 Å². The summed E-state index contributed by atoms with van der Waals surface area (Å²) < 4.78 is 5.57. The molecule has 2 N–H and O–H groups in total. The maximum atomic E-state index is 12.3. The molecule has 0 bridgehead atoms. The molecule has 0 radical (unpaired) electrons. The number of piperazine rings is 1. The topological polar surface area (TPSA) is 129 Å². The van der Waals surface area contributed by atoms with E-state index in [0.29, 0.717) is 41.7 Å². The molecule has 12 heteroatoms. The summed E-state index contributed by atoms with van der Waals surface area (Å²) in [6.45, 7) is 3.10. The van der Waals surface area contributed by atoms with E-state index in [9.17, 15) is 14.9 Å². The van der Waals surface area contributed by atoms with Crippen LogP contribution in [0.4, 0.5) is 40.2 Å². The highest BCUT2D eigenvalue weighted by Crippen LogP contribution is 2.40. The van der Waals surface area contributed by atoms with Crippen molar-refractivity contribution < 1.29 is 14.5 Å². The number of amides is 1. The zero-order valence-corrected chi connectivity index (χ0v) is 20.0. The standard InChI is InChI=1S/C24H26N8O4/c1-29-9-11-30(12-10-29)19-14-21(36-2)17(13-20(19)32(34)35)27-24-25-8-7-22(28-24)31-15-23(33)26-16-5-3-4-6-18(16)31/h3-8,13-14H,9-12,15H2,1-2H3,(H,26,33)(H,25,27,28). The van der Waals surface area contributed by atoms with Crippen LogP contribution in [0.5, 0.6) is 5.75 Å². The van der Waals surface area contributed by atoms with Crippen LogP contribution in [0.15, 0.2) is 48.7 Å². The highest BCUT2D eigenvalue weighted by Gasteiger charge is 2.27. The van der Waals surface area contributed by atoms with Crippen LogP contribution in [0, 0.1) is 10.1 Å². The van der Waals surface area contributed by atoms with E-state index < -0.39 is 4.92 Å². The molecule has 5 rings (SSSR count). The van der Waals surface area contributed by atoms with Gasteiger partial charge in [-0.05, 0) is 25.2 Å². The summed E-state index contributed by atoms with van der Waals surface area (Å²) in [5.74, 6) is 1.01. The minimum Gasteiger partial charge on any atom is -0.494 e. The van der Waals surface area contributed by atoms with Gasteiger partial charge in [-0.25, -0.2) is 4.98 Å². The van der Waals surface area contributed by atoms with E-state index in [1.54, 1.807) is 23.2 Å². The zero-order chi connectivity index (χ0) is 25.2. The smallest absolute Gasteiger partial charge is 0.294 e. The molecule has 1 aromatic heterocycles. The fourth-order valence-electron chi connectivity index (χ4n) is 4.39. The quantitative estimate of drug-likeness (QED) is 0.393. The van der Waals surface area contributed by atoms with Gasteiger partial charge in [0.25, 0.3) is 5.69 Å². The average Bonchev–Trinajstić information content (AvgIpc) is 2.88. The van der Waals surface area contributed by atoms with Crippen LogP contribution in [0.2, 0.25) is 0 Å². The lowest BCUT2D eigenvalue weighted by molar-refractivity contribution is -0.384. The number of hydrogen-bond acceptors (Lipinski definition) is 10. The molecule has 2 aliphatic rings. The van der Waals surface area contributed by atoms with Gasteiger partial charge in [0.2, 0.25) is 11.9 Å². The normalized spacial score (nSPS) is 15.8. The Balaban J connectivity index is 1.47. The number of nitro benzene ring substituents is 1. The number of carbonyl (C=O) groups is 1. The maximum Gasteiger partial charge on any atom is 0.294 e. The van der Waals surface area contributed by atoms with E-state index >= 15 is 0 Å². The maximum absolute atomic E-state index is 12.3. The van der Waals surface area contributed by atoms with Gasteiger partial charge in [0, 0.05) is 44.5 Å². The van der Waals surface area contributed by atoms with Crippen LogP contribution in [0.3, 0.4) is 0 Å². The average molecular weight is 491 g/mol. The lowest BCUT2D eigenvalue weighted by Gasteiger charge is -2.34. The lowest BCUT2D eigenvalue weighted by Crippen LogP contribution is -2.44. The SMILES string of the molecule is COc1cc(N2CCN(C)CC2)c([N+](=O)[O-])cc1Nc1nccc(N2CC(=O)Nc3ccccc32)n1. The molecule has 0 saturated carbocycles. The lowest BCUT2D eigenvalue weighted by atomic mass is 10.1. The van der Waals surface area contributed by atoms with E-state index in [1.165, 1.54) is 13.2 Å². The van der Waals surface area contributed by atoms with Crippen molar-refractivity contribution in [3.8, 4) is 5.75 Å². The first kappa shape index (κ1) is 23.3. The zero-order valence-electron chi connectivity index (χ0n) is 20.0. The second-order valence-electron chi connectivity index (χ2n) is 8.60. The molecule has 0 unspecified atom stereocenters. The van der Waals surface area contributed by atoms with Crippen molar-refractivity contribution in [3.05, 3.63) is 58.8 Å². The minimum absolute atomic E-state index is 0.0272. The molecule has 0 atom stereocenters. The summed E-state index contributed by atoms with van der Waals surface area (Å²) in [4.78, 5) is 38.7. The van der Waals surface area contributed by atoms with E-state index in [0.717, 1.165) is 18.8 Å². The Labute approximate surface area is 207 Å². The molecule has 2 aromatic carbocycles. The van der Waals surface area contributed by atoms with Crippen molar-refractivity contribution in [3.63, 3.8) is 0 Å². The Morgan fingerprint density at radius 3 is 2.64 bits per heavy atom. The van der Waals surface area contributed by atoms with Crippen molar-refractivity contribution >= 4 is 46.1 Å². The van der Waals surface area contributed by atoms with E-state index in [1.807, 2.05) is 36.2 Å². The molecule has 3 heterocycles. The highest BCUT2D eigenvalue weighted by atomic mass is 16.6. The van der Waals surface area contributed by atoms with Crippen LogP contribution < -0.4 is 25.2 Å². The number of hydrogen-bond donors (Lipinski definition) is 2. The third kappa shape index (κ3) is 4.58. The molecule has 2 aliphatic heterocycles. The number of likely N-dealkylation sites (N-methyl/N-ethyl adjacent to an activating group) is 1. The Morgan fingerprint density at radius 2 is 1.89 bits per heavy atom. The van der Waals surface area contributed by atoms with E-state index in [-0.39, 0.29) is 24.1 Å². The molecule has 0 aliphatic carbocycles. The van der Waals surface area contributed by atoms with Crippen LogP contribution in [0.25, 0.3) is 0 Å². The number of aromatic nitrogens is 2.